The topological polar surface area (TPSA) is 57.2 Å². The summed E-state index contributed by atoms with van der Waals surface area (Å²) in [5, 5.41) is 0. The van der Waals surface area contributed by atoms with E-state index in [9.17, 15) is 4.79 Å². The number of fused-ring (bicyclic) bond motifs is 5. The fraction of sp³-hybridized carbons (Fsp3) is 0.296. The van der Waals surface area contributed by atoms with Gasteiger partial charge >= 0.3 is 5.97 Å². The van der Waals surface area contributed by atoms with E-state index < -0.39 is 0 Å². The van der Waals surface area contributed by atoms with E-state index in [0.717, 1.165) is 42.0 Å². The van der Waals surface area contributed by atoms with Crippen molar-refractivity contribution in [2.24, 2.45) is 0 Å². The molecule has 0 bridgehead atoms. The highest BCUT2D eigenvalue weighted by Crippen LogP contribution is 2.46. The molecule has 0 spiro atoms. The van der Waals surface area contributed by atoms with Crippen LogP contribution < -0.4 is 18.9 Å². The summed E-state index contributed by atoms with van der Waals surface area (Å²) in [6.45, 7) is 3.87. The van der Waals surface area contributed by atoms with E-state index in [-0.39, 0.29) is 18.8 Å². The van der Waals surface area contributed by atoms with E-state index in [2.05, 4.69) is 23.1 Å². The molecule has 0 radical (unpaired) electrons. The molecular formula is C27H25NO5. The van der Waals surface area contributed by atoms with Crippen LogP contribution in [0.2, 0.25) is 0 Å². The lowest BCUT2D eigenvalue weighted by Gasteiger charge is -2.42. The molecule has 1 unspecified atom stereocenters. The third-order valence-corrected chi connectivity index (χ3v) is 6.87. The zero-order valence-electron chi connectivity index (χ0n) is 18.7. The first-order valence-corrected chi connectivity index (χ1v) is 11.2. The average molecular weight is 443 g/mol. The van der Waals surface area contributed by atoms with Crippen LogP contribution in [0.1, 0.15) is 44.2 Å². The molecular weight excluding hydrogens is 418 g/mol. The first-order chi connectivity index (χ1) is 16.1. The molecule has 0 aliphatic carbocycles. The van der Waals surface area contributed by atoms with Crippen molar-refractivity contribution in [1.29, 1.82) is 0 Å². The van der Waals surface area contributed by atoms with Gasteiger partial charge in [0.15, 0.2) is 23.0 Å². The predicted molar refractivity (Wildman–Crippen MR) is 122 cm³/mol. The third kappa shape index (κ3) is 3.42. The maximum absolute atomic E-state index is 13.0. The molecule has 3 aliphatic heterocycles. The van der Waals surface area contributed by atoms with Gasteiger partial charge in [-0.3, -0.25) is 4.90 Å². The third-order valence-electron chi connectivity index (χ3n) is 6.87. The summed E-state index contributed by atoms with van der Waals surface area (Å²) in [7, 11) is 1.61. The highest BCUT2D eigenvalue weighted by atomic mass is 16.7. The minimum Gasteiger partial charge on any atom is -0.493 e. The van der Waals surface area contributed by atoms with Gasteiger partial charge in [0, 0.05) is 24.7 Å². The Labute approximate surface area is 192 Å². The SMILES string of the molecule is COc1ccc2c(c1OC(=O)c1cccc(C)c1)CN1CCc3cc4c(cc3C1C2)OCO4. The van der Waals surface area contributed by atoms with Crippen molar-refractivity contribution in [1.82, 2.24) is 4.90 Å². The van der Waals surface area contributed by atoms with Crippen molar-refractivity contribution < 1.29 is 23.7 Å². The minimum absolute atomic E-state index is 0.254. The van der Waals surface area contributed by atoms with E-state index in [1.807, 2.05) is 31.2 Å². The summed E-state index contributed by atoms with van der Waals surface area (Å²) < 4.78 is 22.8. The number of benzene rings is 3. The molecule has 6 heteroatoms. The Morgan fingerprint density at radius 1 is 1.06 bits per heavy atom. The summed E-state index contributed by atoms with van der Waals surface area (Å²) in [5.41, 5.74) is 6.37. The quantitative estimate of drug-likeness (QED) is 0.435. The van der Waals surface area contributed by atoms with Crippen LogP contribution in [0.15, 0.2) is 48.5 Å². The summed E-state index contributed by atoms with van der Waals surface area (Å²) >= 11 is 0. The minimum atomic E-state index is -0.371. The van der Waals surface area contributed by atoms with Crippen LogP contribution in [0.3, 0.4) is 0 Å². The lowest BCUT2D eigenvalue weighted by molar-refractivity contribution is 0.0722. The van der Waals surface area contributed by atoms with Gasteiger partial charge in [-0.2, -0.15) is 0 Å². The van der Waals surface area contributed by atoms with E-state index in [4.69, 9.17) is 18.9 Å². The molecule has 0 N–H and O–H groups in total. The van der Waals surface area contributed by atoms with Gasteiger partial charge in [0.2, 0.25) is 6.79 Å². The summed E-state index contributed by atoms with van der Waals surface area (Å²) in [6, 6.07) is 16.0. The molecule has 1 atom stereocenters. The Morgan fingerprint density at radius 3 is 2.73 bits per heavy atom. The Hall–Kier alpha value is -3.51. The van der Waals surface area contributed by atoms with Crippen LogP contribution in [-0.4, -0.2) is 31.3 Å². The lowest BCUT2D eigenvalue weighted by Crippen LogP contribution is -2.39. The smallest absolute Gasteiger partial charge is 0.343 e. The van der Waals surface area contributed by atoms with Gasteiger partial charge in [-0.25, -0.2) is 4.79 Å². The fourth-order valence-corrected chi connectivity index (χ4v) is 5.19. The second-order valence-electron chi connectivity index (χ2n) is 8.84. The highest BCUT2D eigenvalue weighted by Gasteiger charge is 2.36. The Balaban J connectivity index is 1.36. The van der Waals surface area contributed by atoms with Crippen molar-refractivity contribution in [3.63, 3.8) is 0 Å². The van der Waals surface area contributed by atoms with Gasteiger partial charge < -0.3 is 18.9 Å². The number of carbonyl (C=O) groups excluding carboxylic acids is 1. The molecule has 3 heterocycles. The van der Waals surface area contributed by atoms with Crippen LogP contribution in [0.25, 0.3) is 0 Å². The van der Waals surface area contributed by atoms with Crippen molar-refractivity contribution >= 4 is 5.97 Å². The largest absolute Gasteiger partial charge is 0.493 e. The van der Waals surface area contributed by atoms with Gasteiger partial charge in [0.05, 0.1) is 12.7 Å². The molecule has 6 rings (SSSR count). The van der Waals surface area contributed by atoms with Crippen LogP contribution >= 0.6 is 0 Å². The second kappa shape index (κ2) is 7.81. The zero-order valence-corrected chi connectivity index (χ0v) is 18.7. The van der Waals surface area contributed by atoms with Crippen molar-refractivity contribution in [2.75, 3.05) is 20.4 Å². The number of hydrogen-bond donors (Lipinski definition) is 0. The molecule has 0 saturated carbocycles. The predicted octanol–water partition coefficient (Wildman–Crippen LogP) is 4.61. The summed E-state index contributed by atoms with van der Waals surface area (Å²) in [6.07, 6.45) is 1.78. The molecule has 33 heavy (non-hydrogen) atoms. The fourth-order valence-electron chi connectivity index (χ4n) is 5.19. The van der Waals surface area contributed by atoms with Crippen molar-refractivity contribution in [2.45, 2.75) is 32.4 Å². The number of ether oxygens (including phenoxy) is 4. The number of aryl methyl sites for hydroxylation is 1. The van der Waals surface area contributed by atoms with Gasteiger partial charge in [-0.15, -0.1) is 0 Å². The van der Waals surface area contributed by atoms with Crippen LogP contribution in [0, 0.1) is 6.92 Å². The van der Waals surface area contributed by atoms with Crippen molar-refractivity contribution in [3.8, 4) is 23.0 Å². The number of rotatable bonds is 3. The van der Waals surface area contributed by atoms with Gasteiger partial charge in [-0.1, -0.05) is 23.8 Å². The van der Waals surface area contributed by atoms with E-state index in [1.54, 1.807) is 13.2 Å². The molecule has 3 aliphatic rings. The maximum Gasteiger partial charge on any atom is 0.343 e. The maximum atomic E-state index is 13.0. The van der Waals surface area contributed by atoms with Crippen LogP contribution in [0.5, 0.6) is 23.0 Å². The standard InChI is InChI=1S/C27H25NO5/c1-16-4-3-5-19(10-16)27(29)33-26-21-14-28-9-8-18-12-24-25(32-15-31-24)13-20(18)22(28)11-17(21)6-7-23(26)30-2/h3-7,10,12-13,22H,8-9,11,14-15H2,1-2H3. The monoisotopic (exact) mass is 443 g/mol. The van der Waals surface area contributed by atoms with Crippen LogP contribution in [-0.2, 0) is 19.4 Å². The van der Waals surface area contributed by atoms with Gasteiger partial charge in [0.1, 0.15) is 0 Å². The summed E-state index contributed by atoms with van der Waals surface area (Å²) in [4.78, 5) is 15.4. The normalized spacial score (nSPS) is 18.2. The molecule has 0 aromatic heterocycles. The average Bonchev–Trinajstić information content (AvgIpc) is 3.29. The zero-order chi connectivity index (χ0) is 22.5. The number of hydrogen-bond acceptors (Lipinski definition) is 6. The second-order valence-corrected chi connectivity index (χ2v) is 8.84. The summed E-state index contributed by atoms with van der Waals surface area (Å²) in [5.74, 6) is 2.40. The van der Waals surface area contributed by atoms with Crippen molar-refractivity contribution in [3.05, 3.63) is 81.9 Å². The first kappa shape index (κ1) is 20.1. The lowest BCUT2D eigenvalue weighted by atomic mass is 9.83. The molecule has 168 valence electrons. The Morgan fingerprint density at radius 2 is 1.91 bits per heavy atom. The Bertz CT molecular complexity index is 1270. The number of methoxy groups -OCH3 is 1. The van der Waals surface area contributed by atoms with E-state index >= 15 is 0 Å². The molecule has 0 amide bonds. The first-order valence-electron chi connectivity index (χ1n) is 11.2. The molecule has 0 saturated heterocycles. The van der Waals surface area contributed by atoms with Crippen LogP contribution in [0.4, 0.5) is 0 Å². The Kier molecular flexibility index (Phi) is 4.76. The van der Waals surface area contributed by atoms with E-state index in [1.165, 1.54) is 16.7 Å². The highest BCUT2D eigenvalue weighted by molar-refractivity contribution is 5.91. The molecule has 0 fully saturated rings. The molecule has 3 aromatic rings. The van der Waals surface area contributed by atoms with E-state index in [0.29, 0.717) is 23.6 Å². The van der Waals surface area contributed by atoms with Gasteiger partial charge in [0.25, 0.3) is 0 Å². The number of esters is 1. The molecule has 6 nitrogen and oxygen atoms in total. The number of nitrogens with zero attached hydrogens (tertiary/aromatic N) is 1. The number of carbonyl (C=O) groups is 1. The van der Waals surface area contributed by atoms with Gasteiger partial charge in [-0.05, 0) is 66.8 Å². The molecule has 3 aromatic carbocycles.